The van der Waals surface area contributed by atoms with Crippen LogP contribution in [0.15, 0.2) is 97.1 Å². The van der Waals surface area contributed by atoms with Crippen molar-refractivity contribution < 1.29 is 52.2 Å². The van der Waals surface area contributed by atoms with E-state index in [2.05, 4.69) is 34.9 Å². The number of halogens is 12. The second-order valence-electron chi connectivity index (χ2n) is 14.4. The summed E-state index contributed by atoms with van der Waals surface area (Å²) in [6.45, 7) is -0.625. The highest BCUT2D eigenvalue weighted by atomic mass is 32.4. The summed E-state index contributed by atoms with van der Waals surface area (Å²) in [4.78, 5) is 29.4. The van der Waals surface area contributed by atoms with Gasteiger partial charge in [0.15, 0.2) is 40.1 Å². The van der Waals surface area contributed by atoms with E-state index in [1.54, 1.807) is 24.3 Å². The second kappa shape index (κ2) is 12.2. The van der Waals surface area contributed by atoms with E-state index in [1.807, 2.05) is 0 Å². The fraction of sp³-hybridized carbons (Fsp3) is 0.200. The maximum atomic E-state index is 19.7. The first kappa shape index (κ1) is 40.2. The number of aromatic amines is 1. The summed E-state index contributed by atoms with van der Waals surface area (Å²) in [5.74, 6) is -4.94. The minimum absolute atomic E-state index is 0.0868. The van der Waals surface area contributed by atoms with E-state index < -0.39 is 87.6 Å². The number of hydrogen-bond acceptors (Lipinski definition) is 6. The van der Waals surface area contributed by atoms with E-state index in [0.29, 0.717) is 10.8 Å². The lowest BCUT2D eigenvalue weighted by Gasteiger charge is -2.77. The lowest BCUT2D eigenvalue weighted by atomic mass is 10.1. The van der Waals surface area contributed by atoms with Gasteiger partial charge in [0.1, 0.15) is 11.3 Å². The highest BCUT2D eigenvalue weighted by Gasteiger charge is 3.03. The number of nitrogens with one attached hydrogen (secondary N) is 1. The average molecular weight is 879 g/mol. The summed E-state index contributed by atoms with van der Waals surface area (Å²) in [5.41, 5.74) is -8.05. The van der Waals surface area contributed by atoms with E-state index >= 15 is 52.2 Å². The molecule has 8 nitrogen and oxygen atoms in total. The summed E-state index contributed by atoms with van der Waals surface area (Å²) in [7, 11) is -11.2. The van der Waals surface area contributed by atoms with E-state index in [1.165, 1.54) is 48.5 Å². The van der Waals surface area contributed by atoms with Gasteiger partial charge in [-0.1, -0.05) is 104 Å². The Labute approximate surface area is 334 Å². The third kappa shape index (κ3) is 4.51. The number of fused-ring (bicyclic) bond motifs is 20. The van der Waals surface area contributed by atoms with Crippen molar-refractivity contribution in [1.29, 1.82) is 0 Å². The molecule has 0 amide bonds. The van der Waals surface area contributed by atoms with Gasteiger partial charge in [0.25, 0.3) is 0 Å². The molecule has 0 spiro atoms. The quantitative estimate of drug-likeness (QED) is 0.173. The van der Waals surface area contributed by atoms with Crippen LogP contribution < -0.4 is 0 Å². The van der Waals surface area contributed by atoms with Crippen molar-refractivity contribution in [1.82, 2.24) is 38.9 Å². The van der Waals surface area contributed by atoms with Crippen LogP contribution in [-0.4, -0.2) is 73.0 Å². The van der Waals surface area contributed by atoms with E-state index in [9.17, 15) is 0 Å². The first-order chi connectivity index (χ1) is 28.6. The molecule has 21 heteroatoms. The zero-order valence-electron chi connectivity index (χ0n) is 31.1. The monoisotopic (exact) mass is 878 g/mol. The van der Waals surface area contributed by atoms with Gasteiger partial charge in [-0.25, -0.2) is 38.3 Å². The minimum Gasteiger partial charge on any atom is -0.324 e. The normalized spacial score (nSPS) is 15.3. The van der Waals surface area contributed by atoms with Gasteiger partial charge in [-0.05, 0) is 6.92 Å². The molecule has 0 radical (unpaired) electrons. The molecule has 61 heavy (non-hydrogen) atoms. The molecule has 1 N–H and O–H groups in total. The zero-order valence-corrected chi connectivity index (χ0v) is 31.9. The molecular formula is C40H26F12N8S. The number of benzene rings is 4. The number of nitrogens with zero attached hydrogens (tertiary/aromatic N) is 7. The average Bonchev–Trinajstić information content (AvgIpc) is 3.94. The Balaban J connectivity index is 1.68. The molecule has 8 bridgehead atoms. The summed E-state index contributed by atoms with van der Waals surface area (Å²) in [5, 5.41) is -16.3. The summed E-state index contributed by atoms with van der Waals surface area (Å²) in [6, 6.07) is 22.0. The van der Waals surface area contributed by atoms with Crippen LogP contribution in [0.5, 0.6) is 0 Å². The Bertz CT molecular complexity index is 3000. The Morgan fingerprint density at radius 1 is 0.508 bits per heavy atom. The van der Waals surface area contributed by atoms with Crippen LogP contribution in [0.1, 0.15) is 13.8 Å². The number of hydrogen-bond donors (Lipinski definition) is 1. The van der Waals surface area contributed by atoms with Crippen molar-refractivity contribution in [3.8, 4) is 45.6 Å². The van der Waals surface area contributed by atoms with Crippen molar-refractivity contribution in [3.63, 3.8) is 0 Å². The van der Waals surface area contributed by atoms with Crippen LogP contribution in [0, 0.1) is 0 Å². The van der Waals surface area contributed by atoms with Crippen molar-refractivity contribution in [2.45, 2.75) is 42.2 Å². The van der Waals surface area contributed by atoms with Gasteiger partial charge in [-0.3, -0.25) is 0 Å². The van der Waals surface area contributed by atoms with Crippen LogP contribution in [0.3, 0.4) is 0 Å². The Hall–Kier alpha value is -6.25. The lowest BCUT2D eigenvalue weighted by Crippen LogP contribution is -2.74. The molecule has 2 aliphatic heterocycles. The van der Waals surface area contributed by atoms with Crippen molar-refractivity contribution in [2.24, 2.45) is 0 Å². The molecular weight excluding hydrogens is 853 g/mol. The van der Waals surface area contributed by atoms with Gasteiger partial charge >= 0.3 is 22.9 Å². The largest absolute Gasteiger partial charge is 0.465 e. The predicted molar refractivity (Wildman–Crippen MR) is 207 cm³/mol. The first-order valence-electron chi connectivity index (χ1n) is 18.1. The van der Waals surface area contributed by atoms with E-state index in [4.69, 9.17) is 0 Å². The van der Waals surface area contributed by atoms with Gasteiger partial charge in [-0.2, -0.15) is 47.8 Å². The van der Waals surface area contributed by atoms with Gasteiger partial charge < -0.3 is 4.98 Å². The van der Waals surface area contributed by atoms with Crippen molar-refractivity contribution in [2.75, 3.05) is 5.75 Å². The van der Waals surface area contributed by atoms with Crippen LogP contribution in [-0.2, 0) is 0 Å². The predicted octanol–water partition coefficient (Wildman–Crippen LogP) is 12.5. The summed E-state index contributed by atoms with van der Waals surface area (Å²) < 4.78 is 195. The first-order valence-corrected chi connectivity index (χ1v) is 20.6. The summed E-state index contributed by atoms with van der Waals surface area (Å²) in [6.07, 6.45) is -15.2. The van der Waals surface area contributed by atoms with Gasteiger partial charge in [0.2, 0.25) is 0 Å². The number of aromatic nitrogens is 8. The molecule has 0 fully saturated rings. The van der Waals surface area contributed by atoms with Crippen LogP contribution in [0.2, 0.25) is 0 Å². The topological polar surface area (TPSA) is 98.1 Å². The van der Waals surface area contributed by atoms with Crippen LogP contribution in [0.4, 0.5) is 52.2 Å². The van der Waals surface area contributed by atoms with E-state index in [0.717, 1.165) is 24.3 Å². The molecule has 316 valence electrons. The minimum atomic E-state index is -11.2. The smallest absolute Gasteiger partial charge is 0.324 e. The fourth-order valence-corrected chi connectivity index (χ4v) is 14.1. The summed E-state index contributed by atoms with van der Waals surface area (Å²) >= 11 is 0. The molecule has 4 aromatic carbocycles. The molecule has 3 aromatic heterocycles. The van der Waals surface area contributed by atoms with E-state index in [-0.39, 0.29) is 52.1 Å². The zero-order chi connectivity index (χ0) is 43.8. The number of alkyl halides is 11. The molecule has 9 rings (SSSR count). The third-order valence-corrected chi connectivity index (χ3v) is 19.1. The second-order valence-corrected chi connectivity index (χ2v) is 20.3. The molecule has 0 saturated heterocycles. The number of H-pyrrole nitrogens is 1. The number of rotatable bonds is 5. The Morgan fingerprint density at radius 2 is 0.820 bits per heavy atom. The molecule has 7 aromatic rings. The fourth-order valence-electron chi connectivity index (χ4n) is 8.39. The highest BCUT2D eigenvalue weighted by molar-refractivity contribution is 8.61. The van der Waals surface area contributed by atoms with Crippen LogP contribution >= 0.6 is 8.87 Å². The van der Waals surface area contributed by atoms with Crippen molar-refractivity contribution >= 4 is 53.0 Å². The molecule has 1 atom stereocenters. The maximum absolute atomic E-state index is 19.7. The lowest BCUT2D eigenvalue weighted by molar-refractivity contribution is -0.270. The highest BCUT2D eigenvalue weighted by Crippen LogP contribution is 3.09. The molecule has 0 saturated carbocycles. The van der Waals surface area contributed by atoms with Gasteiger partial charge in [-0.15, -0.1) is 0 Å². The Kier molecular flexibility index (Phi) is 8.03. The molecule has 5 heterocycles. The molecule has 1 unspecified atom stereocenters. The van der Waals surface area contributed by atoms with Gasteiger partial charge in [0.05, 0.1) is 0 Å². The van der Waals surface area contributed by atoms with Gasteiger partial charge in [0, 0.05) is 58.4 Å². The standard InChI is InChI=1S/C40H26F12N8S/c1-3-61(52,20(2)41,39(48,49)37(42,43)44,40(50,51)38(45,46)47)60-35-27-18-10-11-19-28(27)36(60)59-34-26-17-9-7-15-24(26)32(57-34)55-30-22-13-5-4-12-21(22)29(53-30)54-31-23-14-6-8-16-25(23)33(56-31)58-35/h4-20H,3H2,1-2H3,(H,53,54,55,56,57,58,59). The molecule has 2 aliphatic rings. The Morgan fingerprint density at radius 3 is 1.13 bits per heavy atom. The third-order valence-electron chi connectivity index (χ3n) is 11.6. The van der Waals surface area contributed by atoms with Crippen molar-refractivity contribution in [3.05, 3.63) is 97.1 Å². The maximum Gasteiger partial charge on any atom is 0.465 e. The SMILES string of the molecule is CCS(F)(C(C)F)(n1c2nc3nc(nc4[nH]c(nc5nc(nc1c1ccccc12)-c1ccccc1-5)c1ccccc41)-c1ccccc1-3)(C(F)(F)C(F)(F)F)C(F)(F)C(F)(F)F. The van der Waals surface area contributed by atoms with Crippen LogP contribution in [0.25, 0.3) is 89.7 Å². The molecule has 0 aliphatic carbocycles.